The van der Waals surface area contributed by atoms with E-state index in [9.17, 15) is 13.6 Å². The number of piperazine rings is 1. The Hall–Kier alpha value is -3.45. The summed E-state index contributed by atoms with van der Waals surface area (Å²) in [6.45, 7) is 5.89. The lowest BCUT2D eigenvalue weighted by Gasteiger charge is -2.39. The van der Waals surface area contributed by atoms with E-state index in [0.717, 1.165) is 75.6 Å². The van der Waals surface area contributed by atoms with Gasteiger partial charge in [0.15, 0.2) is 0 Å². The molecule has 198 valence electrons. The Kier molecular flexibility index (Phi) is 7.02. The van der Waals surface area contributed by atoms with Gasteiger partial charge in [0.05, 0.1) is 0 Å². The molecule has 2 fully saturated rings. The topological polar surface area (TPSA) is 30.0 Å². The van der Waals surface area contributed by atoms with Gasteiger partial charge in [-0.15, -0.1) is 0 Å². The summed E-state index contributed by atoms with van der Waals surface area (Å²) < 4.78 is 27.8. The van der Waals surface area contributed by atoms with Gasteiger partial charge in [-0.1, -0.05) is 18.2 Å². The minimum absolute atomic E-state index is 0.182. The van der Waals surface area contributed by atoms with Crippen LogP contribution in [-0.4, -0.2) is 67.6 Å². The molecule has 0 saturated carbocycles. The Morgan fingerprint density at radius 1 is 0.816 bits per heavy atom. The molecule has 3 aromatic rings. The Labute approximate surface area is 223 Å². The summed E-state index contributed by atoms with van der Waals surface area (Å²) in [6, 6.07) is 22.2. The maximum atomic E-state index is 14.3. The van der Waals surface area contributed by atoms with Crippen molar-refractivity contribution in [2.24, 2.45) is 0 Å². The third kappa shape index (κ3) is 4.99. The van der Waals surface area contributed by atoms with Gasteiger partial charge in [-0.25, -0.2) is 8.78 Å². The van der Waals surface area contributed by atoms with Crippen LogP contribution in [0.5, 0.6) is 0 Å². The van der Waals surface area contributed by atoms with Crippen molar-refractivity contribution in [3.8, 4) is 0 Å². The van der Waals surface area contributed by atoms with E-state index in [0.29, 0.717) is 6.42 Å². The zero-order chi connectivity index (χ0) is 26.1. The molecule has 7 heteroatoms. The molecule has 0 unspecified atom stereocenters. The highest BCUT2D eigenvalue weighted by molar-refractivity contribution is 5.76. The van der Waals surface area contributed by atoms with Crippen molar-refractivity contribution in [1.29, 1.82) is 0 Å². The van der Waals surface area contributed by atoms with Gasteiger partial charge < -0.3 is 19.6 Å². The first kappa shape index (κ1) is 24.9. The Morgan fingerprint density at radius 3 is 2.32 bits per heavy atom. The molecule has 0 radical (unpaired) electrons. The largest absolute Gasteiger partial charge is 0.368 e. The second-order valence-corrected chi connectivity index (χ2v) is 10.6. The molecule has 5 nitrogen and oxygen atoms in total. The van der Waals surface area contributed by atoms with Gasteiger partial charge in [-0.3, -0.25) is 4.79 Å². The van der Waals surface area contributed by atoms with Crippen molar-refractivity contribution in [3.05, 3.63) is 90.0 Å². The smallest absolute Gasteiger partial charge is 0.222 e. The zero-order valence-electron chi connectivity index (χ0n) is 21.6. The maximum Gasteiger partial charge on any atom is 0.222 e. The quantitative estimate of drug-likeness (QED) is 0.439. The minimum atomic E-state index is -0.258. The Bertz CT molecular complexity index is 1260. The predicted octanol–water partition coefficient (Wildman–Crippen LogP) is 5.40. The van der Waals surface area contributed by atoms with Crippen LogP contribution in [0.3, 0.4) is 0 Å². The van der Waals surface area contributed by atoms with Crippen LogP contribution >= 0.6 is 0 Å². The van der Waals surface area contributed by atoms with Crippen molar-refractivity contribution in [1.82, 2.24) is 9.80 Å². The molecule has 0 aliphatic carbocycles. The molecular formula is C31H34F2N4O. The maximum absolute atomic E-state index is 14.3. The molecule has 2 saturated heterocycles. The molecule has 0 spiro atoms. The lowest BCUT2D eigenvalue weighted by atomic mass is 9.89. The number of anilines is 3. The summed E-state index contributed by atoms with van der Waals surface area (Å²) in [5.74, 6) is -0.0607. The van der Waals surface area contributed by atoms with E-state index in [1.165, 1.54) is 23.9 Å². The summed E-state index contributed by atoms with van der Waals surface area (Å²) in [5.41, 5.74) is 4.20. The lowest BCUT2D eigenvalue weighted by Crippen LogP contribution is -2.49. The fourth-order valence-electron chi connectivity index (χ4n) is 6.44. The number of benzene rings is 3. The van der Waals surface area contributed by atoms with Crippen LogP contribution in [0.15, 0.2) is 72.8 Å². The highest BCUT2D eigenvalue weighted by atomic mass is 19.1. The van der Waals surface area contributed by atoms with Crippen molar-refractivity contribution < 1.29 is 13.6 Å². The van der Waals surface area contributed by atoms with Gasteiger partial charge >= 0.3 is 0 Å². The molecular weight excluding hydrogens is 482 g/mol. The van der Waals surface area contributed by atoms with Crippen LogP contribution in [0.2, 0.25) is 0 Å². The molecule has 3 heterocycles. The number of piperidine rings is 1. The normalized spacial score (nSPS) is 21.4. The van der Waals surface area contributed by atoms with E-state index in [1.807, 2.05) is 29.2 Å². The third-order valence-electron chi connectivity index (χ3n) is 8.36. The van der Waals surface area contributed by atoms with Crippen LogP contribution in [-0.2, 0) is 4.79 Å². The zero-order valence-corrected chi connectivity index (χ0v) is 21.6. The molecule has 0 aromatic heterocycles. The van der Waals surface area contributed by atoms with Gasteiger partial charge in [0.1, 0.15) is 11.6 Å². The minimum Gasteiger partial charge on any atom is -0.368 e. The first-order chi connectivity index (χ1) is 18.6. The second-order valence-electron chi connectivity index (χ2n) is 10.6. The SMILES string of the molecule is O=C(CCCN1CC[C@@H]2[C@@H](C1)c1cc(F)ccc1N2c1ccc(F)cc1)N1CCN(c2ccccc2)CC1. The van der Waals surface area contributed by atoms with Crippen molar-refractivity contribution in [2.45, 2.75) is 31.2 Å². The van der Waals surface area contributed by atoms with Gasteiger partial charge in [-0.05, 0) is 79.5 Å². The van der Waals surface area contributed by atoms with E-state index in [1.54, 1.807) is 6.07 Å². The van der Waals surface area contributed by atoms with E-state index in [4.69, 9.17) is 0 Å². The monoisotopic (exact) mass is 516 g/mol. The first-order valence-corrected chi connectivity index (χ1v) is 13.7. The highest BCUT2D eigenvalue weighted by Gasteiger charge is 2.42. The van der Waals surface area contributed by atoms with Gasteiger partial charge in [0, 0.05) is 74.7 Å². The number of nitrogens with zero attached hydrogens (tertiary/aromatic N) is 4. The summed E-state index contributed by atoms with van der Waals surface area (Å²) in [7, 11) is 0. The van der Waals surface area contributed by atoms with Crippen LogP contribution in [0, 0.1) is 11.6 Å². The molecule has 3 aliphatic heterocycles. The number of fused-ring (bicyclic) bond motifs is 3. The molecule has 3 aromatic carbocycles. The lowest BCUT2D eigenvalue weighted by molar-refractivity contribution is -0.131. The number of amides is 1. The summed E-state index contributed by atoms with van der Waals surface area (Å²) in [4.78, 5) is 21.9. The number of rotatable bonds is 6. The van der Waals surface area contributed by atoms with E-state index >= 15 is 0 Å². The predicted molar refractivity (Wildman–Crippen MR) is 147 cm³/mol. The van der Waals surface area contributed by atoms with Crippen molar-refractivity contribution >= 4 is 23.0 Å². The van der Waals surface area contributed by atoms with Crippen molar-refractivity contribution in [3.63, 3.8) is 0 Å². The number of likely N-dealkylation sites (tertiary alicyclic amines) is 1. The van der Waals surface area contributed by atoms with E-state index in [2.05, 4.69) is 39.0 Å². The Balaban J connectivity index is 1.04. The van der Waals surface area contributed by atoms with Crippen LogP contribution in [0.1, 0.15) is 30.7 Å². The van der Waals surface area contributed by atoms with Crippen LogP contribution in [0.4, 0.5) is 25.8 Å². The summed E-state index contributed by atoms with van der Waals surface area (Å²) in [5, 5.41) is 0. The average Bonchev–Trinajstić information content (AvgIpc) is 3.27. The summed E-state index contributed by atoms with van der Waals surface area (Å²) in [6.07, 6.45) is 2.32. The average molecular weight is 517 g/mol. The number of hydrogen-bond acceptors (Lipinski definition) is 4. The third-order valence-corrected chi connectivity index (χ3v) is 8.36. The molecule has 2 atom stereocenters. The fourth-order valence-corrected chi connectivity index (χ4v) is 6.44. The number of para-hydroxylation sites is 1. The summed E-state index contributed by atoms with van der Waals surface area (Å²) >= 11 is 0. The van der Waals surface area contributed by atoms with E-state index < -0.39 is 0 Å². The van der Waals surface area contributed by atoms with Gasteiger partial charge in [-0.2, -0.15) is 0 Å². The molecule has 38 heavy (non-hydrogen) atoms. The number of carbonyl (C=O) groups excluding carboxylic acids is 1. The van der Waals surface area contributed by atoms with E-state index in [-0.39, 0.29) is 29.5 Å². The molecule has 1 amide bonds. The number of carbonyl (C=O) groups is 1. The molecule has 3 aliphatic rings. The number of halogens is 2. The number of hydrogen-bond donors (Lipinski definition) is 0. The fraction of sp³-hybridized carbons (Fsp3) is 0.387. The molecule has 6 rings (SSSR count). The van der Waals surface area contributed by atoms with Crippen LogP contribution in [0.25, 0.3) is 0 Å². The Morgan fingerprint density at radius 2 is 1.55 bits per heavy atom. The van der Waals surface area contributed by atoms with Gasteiger partial charge in [0.2, 0.25) is 5.91 Å². The van der Waals surface area contributed by atoms with Gasteiger partial charge in [0.25, 0.3) is 0 Å². The first-order valence-electron chi connectivity index (χ1n) is 13.7. The molecule has 0 N–H and O–H groups in total. The standard InChI is InChI=1S/C31H34F2N4O/c32-23-8-11-26(12-9-23)37-29-13-10-24(33)21-27(29)28-22-34(16-14-30(28)37)15-4-7-31(38)36-19-17-35(18-20-36)25-5-2-1-3-6-25/h1-3,5-6,8-13,21,28,30H,4,7,14-20,22H2/t28-,30+/m0/s1. The second kappa shape index (κ2) is 10.7. The van der Waals surface area contributed by atoms with Crippen molar-refractivity contribution in [2.75, 3.05) is 55.6 Å². The molecule has 0 bridgehead atoms. The van der Waals surface area contributed by atoms with Crippen LogP contribution < -0.4 is 9.80 Å². The highest BCUT2D eigenvalue weighted by Crippen LogP contribution is 2.48.